The van der Waals surface area contributed by atoms with Gasteiger partial charge in [-0.3, -0.25) is 19.3 Å². The first-order valence-electron chi connectivity index (χ1n) is 10.0. The molecule has 1 aliphatic rings. The Morgan fingerprint density at radius 3 is 2.70 bits per heavy atom. The van der Waals surface area contributed by atoms with Crippen LogP contribution in [0.25, 0.3) is 11.0 Å². The second-order valence-electron chi connectivity index (χ2n) is 7.28. The van der Waals surface area contributed by atoms with E-state index in [1.165, 1.54) is 4.57 Å². The third-order valence-corrected chi connectivity index (χ3v) is 6.19. The standard InChI is InChI=1S/C22H24N4O3S/c1-2-26-19-7-6-16(13-18(19)24-21(28)22(26)29)20(27)23-17-5-3-4-15(12-17)14-25-8-10-30-11-9-25/h3-7,12-13H,2,8-11,14H2,1H3,(H,23,27)(H,24,28). The lowest BCUT2D eigenvalue weighted by Crippen LogP contribution is -2.36. The van der Waals surface area contributed by atoms with Crippen molar-refractivity contribution in [2.24, 2.45) is 0 Å². The zero-order valence-electron chi connectivity index (χ0n) is 16.8. The first-order valence-corrected chi connectivity index (χ1v) is 11.2. The number of hydrogen-bond acceptors (Lipinski definition) is 5. The fourth-order valence-corrected chi connectivity index (χ4v) is 4.68. The average molecular weight is 425 g/mol. The van der Waals surface area contributed by atoms with Gasteiger partial charge in [-0.1, -0.05) is 12.1 Å². The molecule has 0 aliphatic carbocycles. The van der Waals surface area contributed by atoms with Crippen molar-refractivity contribution in [3.8, 4) is 0 Å². The molecule has 1 aromatic heterocycles. The SMILES string of the molecule is CCn1c(=O)c(=O)[nH]c2cc(C(=O)Nc3cccc(CN4CCSCC4)c3)ccc21. The molecule has 0 saturated carbocycles. The van der Waals surface area contributed by atoms with Gasteiger partial charge in [0.2, 0.25) is 0 Å². The highest BCUT2D eigenvalue weighted by atomic mass is 32.2. The molecule has 0 atom stereocenters. The zero-order valence-corrected chi connectivity index (χ0v) is 17.6. The van der Waals surface area contributed by atoms with E-state index in [9.17, 15) is 14.4 Å². The summed E-state index contributed by atoms with van der Waals surface area (Å²) in [5.41, 5.74) is 2.09. The molecule has 0 unspecified atom stereocenters. The number of aryl methyl sites for hydroxylation is 1. The van der Waals surface area contributed by atoms with Crippen molar-refractivity contribution in [3.05, 3.63) is 74.3 Å². The highest BCUT2D eigenvalue weighted by molar-refractivity contribution is 7.99. The van der Waals surface area contributed by atoms with Gasteiger partial charge < -0.3 is 14.9 Å². The van der Waals surface area contributed by atoms with Crippen LogP contribution in [0, 0.1) is 0 Å². The van der Waals surface area contributed by atoms with Crippen molar-refractivity contribution in [2.45, 2.75) is 20.0 Å². The van der Waals surface area contributed by atoms with Crippen molar-refractivity contribution in [3.63, 3.8) is 0 Å². The monoisotopic (exact) mass is 424 g/mol. The van der Waals surface area contributed by atoms with E-state index in [0.717, 1.165) is 42.4 Å². The minimum absolute atomic E-state index is 0.265. The van der Waals surface area contributed by atoms with Gasteiger partial charge in [0.25, 0.3) is 5.91 Å². The van der Waals surface area contributed by atoms with E-state index in [0.29, 0.717) is 23.1 Å². The Hall–Kier alpha value is -2.84. The molecule has 1 fully saturated rings. The summed E-state index contributed by atoms with van der Waals surface area (Å²) in [6.45, 7) is 5.22. The maximum absolute atomic E-state index is 12.8. The lowest BCUT2D eigenvalue weighted by Gasteiger charge is -2.26. The van der Waals surface area contributed by atoms with Gasteiger partial charge in [-0.15, -0.1) is 0 Å². The second-order valence-corrected chi connectivity index (χ2v) is 8.50. The first kappa shape index (κ1) is 20.4. The first-order chi connectivity index (χ1) is 14.5. The summed E-state index contributed by atoms with van der Waals surface area (Å²) in [4.78, 5) is 41.6. The van der Waals surface area contributed by atoms with Crippen LogP contribution in [0.3, 0.4) is 0 Å². The molecule has 0 spiro atoms. The number of carbonyl (C=O) groups excluding carboxylic acids is 1. The third kappa shape index (κ3) is 4.34. The van der Waals surface area contributed by atoms with Crippen LogP contribution < -0.4 is 16.4 Å². The number of carbonyl (C=O) groups is 1. The fourth-order valence-electron chi connectivity index (χ4n) is 3.70. The number of rotatable bonds is 5. The van der Waals surface area contributed by atoms with E-state index in [4.69, 9.17) is 0 Å². The van der Waals surface area contributed by atoms with E-state index in [-0.39, 0.29) is 5.91 Å². The van der Waals surface area contributed by atoms with Gasteiger partial charge in [0.15, 0.2) is 0 Å². The second kappa shape index (κ2) is 8.89. The summed E-state index contributed by atoms with van der Waals surface area (Å²) >= 11 is 1.98. The Morgan fingerprint density at radius 2 is 1.93 bits per heavy atom. The highest BCUT2D eigenvalue weighted by Crippen LogP contribution is 2.18. The van der Waals surface area contributed by atoms with E-state index in [1.54, 1.807) is 25.1 Å². The van der Waals surface area contributed by atoms with E-state index in [2.05, 4.69) is 21.3 Å². The smallest absolute Gasteiger partial charge is 0.316 e. The molecule has 1 amide bonds. The molecule has 2 heterocycles. The van der Waals surface area contributed by atoms with Gasteiger partial charge in [-0.05, 0) is 42.8 Å². The maximum Gasteiger partial charge on any atom is 0.316 e. The van der Waals surface area contributed by atoms with Crippen molar-refractivity contribution >= 4 is 34.4 Å². The molecule has 1 aliphatic heterocycles. The number of thioether (sulfide) groups is 1. The van der Waals surface area contributed by atoms with Crippen molar-refractivity contribution in [2.75, 3.05) is 29.9 Å². The number of aromatic nitrogens is 2. The van der Waals surface area contributed by atoms with E-state index in [1.807, 2.05) is 30.0 Å². The summed E-state index contributed by atoms with van der Waals surface area (Å²) in [6, 6.07) is 12.8. The van der Waals surface area contributed by atoms with E-state index >= 15 is 0 Å². The number of fused-ring (bicyclic) bond motifs is 1. The Kier molecular flexibility index (Phi) is 6.06. The Bertz CT molecular complexity index is 1190. The molecule has 0 radical (unpaired) electrons. The molecular weight excluding hydrogens is 400 g/mol. The van der Waals surface area contributed by atoms with Crippen LogP contribution in [0.15, 0.2) is 52.1 Å². The number of amides is 1. The van der Waals surface area contributed by atoms with Gasteiger partial charge in [-0.25, -0.2) is 0 Å². The number of nitrogens with one attached hydrogen (secondary N) is 2. The summed E-state index contributed by atoms with van der Waals surface area (Å²) in [7, 11) is 0. The van der Waals surface area contributed by atoms with Gasteiger partial charge in [0.05, 0.1) is 11.0 Å². The molecule has 30 heavy (non-hydrogen) atoms. The van der Waals surface area contributed by atoms with Crippen molar-refractivity contribution < 1.29 is 4.79 Å². The van der Waals surface area contributed by atoms with Crippen LogP contribution in [-0.2, 0) is 13.1 Å². The van der Waals surface area contributed by atoms with Crippen LogP contribution >= 0.6 is 11.8 Å². The molecule has 4 rings (SSSR count). The van der Waals surface area contributed by atoms with Crippen LogP contribution in [0.4, 0.5) is 5.69 Å². The zero-order chi connectivity index (χ0) is 21.1. The van der Waals surface area contributed by atoms with Crippen LogP contribution in [0.5, 0.6) is 0 Å². The average Bonchev–Trinajstić information content (AvgIpc) is 2.75. The number of nitrogens with zero attached hydrogens (tertiary/aromatic N) is 2. The lowest BCUT2D eigenvalue weighted by molar-refractivity contribution is 0.102. The Labute approximate surface area is 178 Å². The summed E-state index contributed by atoms with van der Waals surface area (Å²) < 4.78 is 1.40. The quantitative estimate of drug-likeness (QED) is 0.615. The van der Waals surface area contributed by atoms with E-state index < -0.39 is 11.1 Å². The third-order valence-electron chi connectivity index (χ3n) is 5.25. The Balaban J connectivity index is 1.54. The fraction of sp³-hybridized carbons (Fsp3) is 0.318. The topological polar surface area (TPSA) is 87.2 Å². The normalized spacial score (nSPS) is 14.7. The van der Waals surface area contributed by atoms with Gasteiger partial charge in [-0.2, -0.15) is 11.8 Å². The maximum atomic E-state index is 12.8. The molecule has 3 aromatic rings. The summed E-state index contributed by atoms with van der Waals surface area (Å²) in [5.74, 6) is 2.05. The van der Waals surface area contributed by atoms with Crippen LogP contribution in [0.2, 0.25) is 0 Å². The van der Waals surface area contributed by atoms with Crippen LogP contribution in [-0.4, -0.2) is 45.0 Å². The minimum atomic E-state index is -0.689. The van der Waals surface area contributed by atoms with Crippen LogP contribution in [0.1, 0.15) is 22.8 Å². The summed E-state index contributed by atoms with van der Waals surface area (Å²) in [5, 5.41) is 2.93. The number of aromatic amines is 1. The largest absolute Gasteiger partial charge is 0.322 e. The highest BCUT2D eigenvalue weighted by Gasteiger charge is 2.13. The molecule has 2 N–H and O–H groups in total. The number of anilines is 1. The molecule has 0 bridgehead atoms. The molecule has 156 valence electrons. The summed E-state index contributed by atoms with van der Waals surface area (Å²) in [6.07, 6.45) is 0. The number of benzene rings is 2. The molecule has 1 saturated heterocycles. The van der Waals surface area contributed by atoms with Gasteiger partial charge in [0, 0.05) is 48.9 Å². The number of H-pyrrole nitrogens is 1. The van der Waals surface area contributed by atoms with Crippen molar-refractivity contribution in [1.29, 1.82) is 0 Å². The molecule has 8 heteroatoms. The molecule has 2 aromatic carbocycles. The molecule has 7 nitrogen and oxygen atoms in total. The lowest BCUT2D eigenvalue weighted by atomic mass is 10.1. The predicted molar refractivity (Wildman–Crippen MR) is 121 cm³/mol. The van der Waals surface area contributed by atoms with Gasteiger partial charge in [0.1, 0.15) is 0 Å². The predicted octanol–water partition coefficient (Wildman–Crippen LogP) is 2.51. The van der Waals surface area contributed by atoms with Gasteiger partial charge >= 0.3 is 11.1 Å². The minimum Gasteiger partial charge on any atom is -0.322 e. The van der Waals surface area contributed by atoms with Crippen molar-refractivity contribution in [1.82, 2.24) is 14.5 Å². The Morgan fingerprint density at radius 1 is 1.13 bits per heavy atom. The number of hydrogen-bond donors (Lipinski definition) is 2. The molecular formula is C22H24N4O3S.